The van der Waals surface area contributed by atoms with Gasteiger partial charge in [-0.25, -0.2) is 4.98 Å². The molecule has 0 saturated carbocycles. The molecule has 0 unspecified atom stereocenters. The predicted molar refractivity (Wildman–Crippen MR) is 97.5 cm³/mol. The van der Waals surface area contributed by atoms with Crippen LogP contribution in [0.15, 0.2) is 22.8 Å². The first-order valence-electron chi connectivity index (χ1n) is 9.18. The van der Waals surface area contributed by atoms with Gasteiger partial charge in [-0.3, -0.25) is 4.90 Å². The number of nitrogens with one attached hydrogen (secondary N) is 2. The molecule has 1 fully saturated rings. The number of hydrogen-bond donors (Lipinski definition) is 3. The molecule has 134 valence electrons. The molecule has 1 atom stereocenters. The summed E-state index contributed by atoms with van der Waals surface area (Å²) in [5.74, 6) is 2.23. The first kappa shape index (κ1) is 16.4. The van der Waals surface area contributed by atoms with Gasteiger partial charge >= 0.3 is 0 Å². The van der Waals surface area contributed by atoms with Crippen molar-refractivity contribution in [1.29, 1.82) is 0 Å². The summed E-state index contributed by atoms with van der Waals surface area (Å²) >= 11 is 0. The highest BCUT2D eigenvalue weighted by Crippen LogP contribution is 2.27. The van der Waals surface area contributed by atoms with Crippen LogP contribution in [0.25, 0.3) is 0 Å². The molecule has 0 amide bonds. The second kappa shape index (κ2) is 7.41. The Bertz CT molecular complexity index is 696. The van der Waals surface area contributed by atoms with E-state index in [-0.39, 0.29) is 6.04 Å². The van der Waals surface area contributed by atoms with Gasteiger partial charge in [-0.1, -0.05) is 0 Å². The maximum absolute atomic E-state index is 5.95. The highest BCUT2D eigenvalue weighted by molar-refractivity contribution is 5.50. The van der Waals surface area contributed by atoms with Crippen molar-refractivity contribution in [3.63, 3.8) is 0 Å². The second-order valence-electron chi connectivity index (χ2n) is 6.76. The zero-order chi connectivity index (χ0) is 17.1. The lowest BCUT2D eigenvalue weighted by atomic mass is 10.1. The fourth-order valence-corrected chi connectivity index (χ4v) is 3.85. The summed E-state index contributed by atoms with van der Waals surface area (Å²) in [6, 6.07) is 4.23. The van der Waals surface area contributed by atoms with E-state index in [9.17, 15) is 0 Å². The lowest BCUT2D eigenvalue weighted by molar-refractivity contribution is 0.225. The lowest BCUT2D eigenvalue weighted by Gasteiger charge is -2.26. The highest BCUT2D eigenvalue weighted by atomic mass is 16.3. The minimum Gasteiger partial charge on any atom is -0.468 e. The van der Waals surface area contributed by atoms with Crippen LogP contribution in [0.2, 0.25) is 0 Å². The molecule has 2 aliphatic heterocycles. The largest absolute Gasteiger partial charge is 0.468 e. The Kier molecular flexibility index (Phi) is 4.85. The number of aromatic nitrogens is 2. The summed E-state index contributed by atoms with van der Waals surface area (Å²) in [6.45, 7) is 4.86. The Morgan fingerprint density at radius 1 is 1.24 bits per heavy atom. The maximum atomic E-state index is 5.95. The van der Waals surface area contributed by atoms with Crippen LogP contribution in [-0.2, 0) is 12.8 Å². The maximum Gasteiger partial charge on any atom is 0.222 e. The Morgan fingerprint density at radius 2 is 2.08 bits per heavy atom. The third-order valence-electron chi connectivity index (χ3n) is 5.12. The third kappa shape index (κ3) is 3.62. The number of hydrogen-bond acceptors (Lipinski definition) is 7. The van der Waals surface area contributed by atoms with E-state index in [1.165, 1.54) is 18.4 Å². The summed E-state index contributed by atoms with van der Waals surface area (Å²) in [6.07, 6.45) is 6.06. The average Bonchev–Trinajstić information content (AvgIpc) is 3.27. The van der Waals surface area contributed by atoms with Crippen molar-refractivity contribution in [2.24, 2.45) is 0 Å². The van der Waals surface area contributed by atoms with Gasteiger partial charge in [-0.05, 0) is 51.0 Å². The molecule has 4 rings (SSSR count). The van der Waals surface area contributed by atoms with Crippen molar-refractivity contribution in [3.8, 4) is 0 Å². The minimum atomic E-state index is 0.216. The van der Waals surface area contributed by atoms with Gasteiger partial charge in [-0.15, -0.1) is 0 Å². The SMILES string of the molecule is Nc1nc2c(c(NC[C@@H](c3ccco3)N3CCCC3)n1)CCNCC2. The first-order valence-corrected chi connectivity index (χ1v) is 9.18. The van der Waals surface area contributed by atoms with Gasteiger partial charge < -0.3 is 20.8 Å². The molecule has 2 aromatic heterocycles. The molecular weight excluding hydrogens is 316 g/mol. The van der Waals surface area contributed by atoms with Crippen LogP contribution < -0.4 is 16.4 Å². The number of rotatable bonds is 5. The number of nitrogen functional groups attached to an aromatic ring is 1. The smallest absolute Gasteiger partial charge is 0.222 e. The van der Waals surface area contributed by atoms with Crippen molar-refractivity contribution >= 4 is 11.8 Å². The van der Waals surface area contributed by atoms with Crippen LogP contribution in [0.1, 0.15) is 35.9 Å². The number of fused-ring (bicyclic) bond motifs is 1. The van der Waals surface area contributed by atoms with Crippen LogP contribution >= 0.6 is 0 Å². The molecule has 1 saturated heterocycles. The molecule has 0 aliphatic carbocycles. The van der Waals surface area contributed by atoms with Crippen molar-refractivity contribution in [1.82, 2.24) is 20.2 Å². The van der Waals surface area contributed by atoms with Gasteiger partial charge in [0, 0.05) is 25.1 Å². The van der Waals surface area contributed by atoms with E-state index in [0.29, 0.717) is 5.95 Å². The van der Waals surface area contributed by atoms with Gasteiger partial charge in [-0.2, -0.15) is 4.98 Å². The zero-order valence-electron chi connectivity index (χ0n) is 14.5. The Labute approximate surface area is 148 Å². The Morgan fingerprint density at radius 3 is 2.88 bits per heavy atom. The molecule has 0 radical (unpaired) electrons. The van der Waals surface area contributed by atoms with Crippen molar-refractivity contribution in [2.45, 2.75) is 31.7 Å². The molecule has 0 bridgehead atoms. The third-order valence-corrected chi connectivity index (χ3v) is 5.12. The van der Waals surface area contributed by atoms with E-state index in [1.807, 2.05) is 6.07 Å². The van der Waals surface area contributed by atoms with Gasteiger partial charge in [0.15, 0.2) is 0 Å². The number of likely N-dealkylation sites (tertiary alicyclic amines) is 1. The van der Waals surface area contributed by atoms with Crippen molar-refractivity contribution in [3.05, 3.63) is 35.4 Å². The number of nitrogens with zero attached hydrogens (tertiary/aromatic N) is 3. The predicted octanol–water partition coefficient (Wildman–Crippen LogP) is 1.59. The molecule has 2 aromatic rings. The lowest BCUT2D eigenvalue weighted by Crippen LogP contribution is -2.31. The summed E-state index contributed by atoms with van der Waals surface area (Å²) in [4.78, 5) is 11.4. The molecule has 4 N–H and O–H groups in total. The molecule has 7 heteroatoms. The van der Waals surface area contributed by atoms with E-state index in [4.69, 9.17) is 10.2 Å². The number of furan rings is 1. The summed E-state index contributed by atoms with van der Waals surface area (Å²) in [7, 11) is 0. The monoisotopic (exact) mass is 342 g/mol. The standard InChI is InChI=1S/C18H26N6O/c19-18-22-14-6-8-20-7-5-13(14)17(23-18)21-12-15(16-4-3-11-25-16)24-9-1-2-10-24/h3-4,11,15,20H,1-2,5-10,12H2,(H3,19,21,22,23)/t15-/m0/s1. The Hall–Kier alpha value is -2.12. The van der Waals surface area contributed by atoms with E-state index >= 15 is 0 Å². The molecule has 7 nitrogen and oxygen atoms in total. The van der Waals surface area contributed by atoms with Gasteiger partial charge in [0.1, 0.15) is 11.6 Å². The van der Waals surface area contributed by atoms with Crippen LogP contribution in [0.3, 0.4) is 0 Å². The summed E-state index contributed by atoms with van der Waals surface area (Å²) < 4.78 is 5.70. The Balaban J connectivity index is 1.55. The van der Waals surface area contributed by atoms with Crippen LogP contribution in [-0.4, -0.2) is 47.6 Å². The normalized spacial score (nSPS) is 19.4. The van der Waals surface area contributed by atoms with E-state index in [2.05, 4.69) is 31.6 Å². The zero-order valence-corrected chi connectivity index (χ0v) is 14.5. The van der Waals surface area contributed by atoms with E-state index < -0.39 is 0 Å². The highest BCUT2D eigenvalue weighted by Gasteiger charge is 2.26. The van der Waals surface area contributed by atoms with E-state index in [1.54, 1.807) is 6.26 Å². The minimum absolute atomic E-state index is 0.216. The van der Waals surface area contributed by atoms with Crippen LogP contribution in [0, 0.1) is 0 Å². The molecule has 25 heavy (non-hydrogen) atoms. The number of anilines is 2. The fourth-order valence-electron chi connectivity index (χ4n) is 3.85. The fraction of sp³-hybridized carbons (Fsp3) is 0.556. The van der Waals surface area contributed by atoms with Crippen molar-refractivity contribution in [2.75, 3.05) is 43.8 Å². The van der Waals surface area contributed by atoms with Gasteiger partial charge in [0.05, 0.1) is 18.0 Å². The topological polar surface area (TPSA) is 92.2 Å². The molecular formula is C18H26N6O. The number of nitrogens with two attached hydrogens (primary N) is 1. The molecule has 0 aromatic carbocycles. The molecule has 2 aliphatic rings. The quantitative estimate of drug-likeness (QED) is 0.760. The van der Waals surface area contributed by atoms with Crippen LogP contribution in [0.4, 0.5) is 11.8 Å². The summed E-state index contributed by atoms with van der Waals surface area (Å²) in [5, 5.41) is 6.96. The summed E-state index contributed by atoms with van der Waals surface area (Å²) in [5.41, 5.74) is 8.20. The molecule has 4 heterocycles. The van der Waals surface area contributed by atoms with Gasteiger partial charge in [0.25, 0.3) is 0 Å². The average molecular weight is 342 g/mol. The molecule has 0 spiro atoms. The van der Waals surface area contributed by atoms with Crippen molar-refractivity contribution < 1.29 is 4.42 Å². The first-order chi connectivity index (χ1) is 12.3. The van der Waals surface area contributed by atoms with E-state index in [0.717, 1.165) is 62.8 Å². The second-order valence-corrected chi connectivity index (χ2v) is 6.76. The van der Waals surface area contributed by atoms with Gasteiger partial charge in [0.2, 0.25) is 5.95 Å². The van der Waals surface area contributed by atoms with Crippen LogP contribution in [0.5, 0.6) is 0 Å².